The lowest BCUT2D eigenvalue weighted by Crippen LogP contribution is -2.09. The average molecular weight is 430 g/mol. The monoisotopic (exact) mass is 429 g/mol. The van der Waals surface area contributed by atoms with Crippen molar-refractivity contribution in [2.75, 3.05) is 13.7 Å². The summed E-state index contributed by atoms with van der Waals surface area (Å²) >= 11 is 0. The van der Waals surface area contributed by atoms with E-state index in [2.05, 4.69) is 19.9 Å². The third-order valence-corrected chi connectivity index (χ3v) is 5.67. The Morgan fingerprint density at radius 3 is 2.61 bits per heavy atom. The Morgan fingerprint density at radius 2 is 2.03 bits per heavy atom. The maximum absolute atomic E-state index is 11.7. The summed E-state index contributed by atoms with van der Waals surface area (Å²) in [6, 6.07) is 3.37. The van der Waals surface area contributed by atoms with Gasteiger partial charge in [-0.05, 0) is 38.3 Å². The molecular formula is C24H35N3O4. The molecule has 0 radical (unpaired) electrons. The van der Waals surface area contributed by atoms with Crippen molar-refractivity contribution in [3.05, 3.63) is 29.9 Å². The molecule has 0 aromatic carbocycles. The highest BCUT2D eigenvalue weighted by Gasteiger charge is 2.22. The van der Waals surface area contributed by atoms with Gasteiger partial charge in [0.2, 0.25) is 11.7 Å². The largest absolute Gasteiger partial charge is 0.385 e. The van der Waals surface area contributed by atoms with Crippen LogP contribution >= 0.6 is 0 Å². The molecule has 2 aromatic rings. The Hall–Kier alpha value is -2.41. The number of Topliss-reactive ketones (excluding diaryl/α,β-unsaturated/α-hetero) is 1. The van der Waals surface area contributed by atoms with Gasteiger partial charge in [0.05, 0.1) is 0 Å². The highest BCUT2D eigenvalue weighted by Crippen LogP contribution is 2.31. The minimum absolute atomic E-state index is 0.0328. The highest BCUT2D eigenvalue weighted by atomic mass is 16.5. The van der Waals surface area contributed by atoms with Crippen molar-refractivity contribution < 1.29 is 18.8 Å². The number of aldehydes is 1. The molecule has 3 rings (SSSR count). The molecule has 0 bridgehead atoms. The van der Waals surface area contributed by atoms with E-state index >= 15 is 0 Å². The highest BCUT2D eigenvalue weighted by molar-refractivity contribution is 5.76. The van der Waals surface area contributed by atoms with E-state index in [0.717, 1.165) is 25.4 Å². The second kappa shape index (κ2) is 13.8. The Labute approximate surface area is 185 Å². The van der Waals surface area contributed by atoms with E-state index in [4.69, 9.17) is 4.52 Å². The molecule has 0 spiro atoms. The van der Waals surface area contributed by atoms with E-state index in [1.165, 1.54) is 38.5 Å². The van der Waals surface area contributed by atoms with E-state index in [-0.39, 0.29) is 11.7 Å². The van der Waals surface area contributed by atoms with Gasteiger partial charge in [-0.25, -0.2) is 0 Å². The summed E-state index contributed by atoms with van der Waals surface area (Å²) in [4.78, 5) is 31.0. The van der Waals surface area contributed by atoms with Crippen LogP contribution in [0.15, 0.2) is 22.9 Å². The van der Waals surface area contributed by atoms with Crippen LogP contribution in [0.2, 0.25) is 0 Å². The second-order valence-corrected chi connectivity index (χ2v) is 8.16. The van der Waals surface area contributed by atoms with Gasteiger partial charge >= 0.3 is 0 Å². The smallest absolute Gasteiger partial charge is 0.230 e. The molecule has 1 aliphatic carbocycles. The van der Waals surface area contributed by atoms with Crippen LogP contribution in [-0.2, 0) is 9.53 Å². The number of hydrogen-bond donors (Lipinski definition) is 0. The summed E-state index contributed by atoms with van der Waals surface area (Å²) in [6.45, 7) is 4.38. The first-order valence-corrected chi connectivity index (χ1v) is 11.3. The van der Waals surface area contributed by atoms with Crippen LogP contribution in [0.1, 0.15) is 93.9 Å². The molecule has 0 saturated heterocycles. The lowest BCUT2D eigenvalue weighted by molar-refractivity contribution is -0.117. The molecule has 1 fully saturated rings. The van der Waals surface area contributed by atoms with Crippen molar-refractivity contribution in [2.24, 2.45) is 5.92 Å². The van der Waals surface area contributed by atoms with Crippen LogP contribution in [0.4, 0.5) is 0 Å². The first-order valence-electron chi connectivity index (χ1n) is 11.3. The van der Waals surface area contributed by atoms with Crippen molar-refractivity contribution in [3.63, 3.8) is 0 Å². The van der Waals surface area contributed by atoms with Crippen molar-refractivity contribution in [2.45, 2.75) is 77.6 Å². The minimum atomic E-state index is -0.0328. The SMILES string of the molecule is CC(=O)CC(CCCC1CCCCC1)c1nc(-c2ccc(C=O)nc2)no1.CCOC. The molecule has 1 atom stereocenters. The molecule has 0 N–H and O–H groups in total. The number of carbonyl (C=O) groups is 2. The predicted octanol–water partition coefficient (Wildman–Crippen LogP) is 5.41. The van der Waals surface area contributed by atoms with Gasteiger partial charge in [-0.15, -0.1) is 0 Å². The third kappa shape index (κ3) is 8.69. The fraction of sp³-hybridized carbons (Fsp3) is 0.625. The van der Waals surface area contributed by atoms with Crippen LogP contribution in [0.3, 0.4) is 0 Å². The lowest BCUT2D eigenvalue weighted by atomic mass is 9.84. The fourth-order valence-corrected chi connectivity index (χ4v) is 3.91. The number of methoxy groups -OCH3 is 1. The summed E-state index contributed by atoms with van der Waals surface area (Å²) in [5.41, 5.74) is 1.05. The van der Waals surface area contributed by atoms with Gasteiger partial charge in [-0.2, -0.15) is 4.98 Å². The number of nitrogens with zero attached hydrogens (tertiary/aromatic N) is 3. The average Bonchev–Trinajstić information content (AvgIpc) is 3.29. The van der Waals surface area contributed by atoms with Gasteiger partial charge < -0.3 is 14.1 Å². The van der Waals surface area contributed by atoms with Crippen molar-refractivity contribution >= 4 is 12.1 Å². The van der Waals surface area contributed by atoms with Gasteiger partial charge in [-0.3, -0.25) is 9.78 Å². The first-order chi connectivity index (χ1) is 15.1. The molecule has 7 heteroatoms. The van der Waals surface area contributed by atoms with Crippen LogP contribution in [0.25, 0.3) is 11.4 Å². The number of ketones is 1. The quantitative estimate of drug-likeness (QED) is 0.466. The van der Waals surface area contributed by atoms with Gasteiger partial charge in [0.25, 0.3) is 0 Å². The normalized spacial score (nSPS) is 15.1. The maximum atomic E-state index is 11.7. The molecular weight excluding hydrogens is 394 g/mol. The van der Waals surface area contributed by atoms with Crippen LogP contribution in [0.5, 0.6) is 0 Å². The molecule has 1 aliphatic rings. The zero-order valence-electron chi connectivity index (χ0n) is 19.0. The molecule has 2 heterocycles. The van der Waals surface area contributed by atoms with Gasteiger partial charge in [0, 0.05) is 37.8 Å². The lowest BCUT2D eigenvalue weighted by Gasteiger charge is -2.22. The van der Waals surface area contributed by atoms with E-state index in [1.807, 2.05) is 6.92 Å². The third-order valence-electron chi connectivity index (χ3n) is 5.67. The van der Waals surface area contributed by atoms with Gasteiger partial charge in [-0.1, -0.05) is 50.1 Å². The summed E-state index contributed by atoms with van der Waals surface area (Å²) < 4.78 is 10.0. The standard InChI is InChI=1S/C21H27N3O3.C3H8O/c1-15(26)12-17(9-5-8-16-6-3-2-4-7-16)21-23-20(24-27-21)18-10-11-19(14-25)22-13-18;1-3-4-2/h10-11,13-14,16-17H,2-9,12H2,1H3;3H2,1-2H3. The van der Waals surface area contributed by atoms with Gasteiger partial charge in [0.1, 0.15) is 11.5 Å². The summed E-state index contributed by atoms with van der Waals surface area (Å²) in [5.74, 6) is 1.89. The number of hydrogen-bond acceptors (Lipinski definition) is 7. The molecule has 31 heavy (non-hydrogen) atoms. The van der Waals surface area contributed by atoms with Crippen molar-refractivity contribution in [1.82, 2.24) is 15.1 Å². The zero-order chi connectivity index (χ0) is 22.5. The second-order valence-electron chi connectivity index (χ2n) is 8.16. The number of pyridine rings is 1. The zero-order valence-corrected chi connectivity index (χ0v) is 19.0. The van der Waals surface area contributed by atoms with Gasteiger partial charge in [0.15, 0.2) is 6.29 Å². The van der Waals surface area contributed by atoms with Crippen LogP contribution in [0, 0.1) is 5.92 Å². The predicted molar refractivity (Wildman–Crippen MR) is 119 cm³/mol. The number of rotatable bonds is 10. The Morgan fingerprint density at radius 1 is 1.29 bits per heavy atom. The fourth-order valence-electron chi connectivity index (χ4n) is 3.91. The summed E-state index contributed by atoms with van der Waals surface area (Å²) in [6.07, 6.45) is 12.6. The van der Waals surface area contributed by atoms with E-state index in [9.17, 15) is 9.59 Å². The topological polar surface area (TPSA) is 95.2 Å². The Bertz CT molecular complexity index is 780. The molecule has 1 unspecified atom stereocenters. The summed E-state index contributed by atoms with van der Waals surface area (Å²) in [5, 5.41) is 4.04. The molecule has 170 valence electrons. The van der Waals surface area contributed by atoms with E-state index < -0.39 is 0 Å². The molecule has 0 aliphatic heterocycles. The number of aromatic nitrogens is 3. The maximum Gasteiger partial charge on any atom is 0.230 e. The van der Waals surface area contributed by atoms with Crippen LogP contribution < -0.4 is 0 Å². The van der Waals surface area contributed by atoms with Crippen molar-refractivity contribution in [1.29, 1.82) is 0 Å². The molecule has 1 saturated carbocycles. The Balaban J connectivity index is 0.000000785. The van der Waals surface area contributed by atoms with E-state index in [0.29, 0.717) is 35.7 Å². The first kappa shape index (κ1) is 24.9. The van der Waals surface area contributed by atoms with Crippen molar-refractivity contribution in [3.8, 4) is 11.4 Å². The van der Waals surface area contributed by atoms with E-state index in [1.54, 1.807) is 32.4 Å². The molecule has 0 amide bonds. The Kier molecular flexibility index (Phi) is 11.1. The summed E-state index contributed by atoms with van der Waals surface area (Å²) in [7, 11) is 1.68. The molecule has 7 nitrogen and oxygen atoms in total. The number of ether oxygens (including phenoxy) is 1. The molecule has 2 aromatic heterocycles. The number of carbonyl (C=O) groups excluding carboxylic acids is 2. The van der Waals surface area contributed by atoms with Crippen LogP contribution in [-0.4, -0.2) is 40.9 Å². The minimum Gasteiger partial charge on any atom is -0.385 e.